The first-order valence-corrected chi connectivity index (χ1v) is 9.90. The third-order valence-electron chi connectivity index (χ3n) is 5.77. The highest BCUT2D eigenvalue weighted by atomic mass is 19.4. The summed E-state index contributed by atoms with van der Waals surface area (Å²) in [5, 5.41) is 8.10. The largest absolute Gasteiger partial charge is 0.472 e. The number of carbonyl (C=O) groups is 1. The predicted octanol–water partition coefficient (Wildman–Crippen LogP) is 3.75. The van der Waals surface area contributed by atoms with Gasteiger partial charge in [0.2, 0.25) is 5.88 Å². The second-order valence-corrected chi connectivity index (χ2v) is 7.67. The maximum atomic E-state index is 13.9. The third kappa shape index (κ3) is 3.49. The van der Waals surface area contributed by atoms with Gasteiger partial charge in [-0.15, -0.1) is 0 Å². The molecule has 166 valence electrons. The molecule has 1 aliphatic heterocycles. The van der Waals surface area contributed by atoms with Crippen LogP contribution in [0.5, 0.6) is 5.88 Å². The van der Waals surface area contributed by atoms with Crippen molar-refractivity contribution in [3.05, 3.63) is 66.1 Å². The summed E-state index contributed by atoms with van der Waals surface area (Å²) in [6.07, 6.45) is -1.46. The van der Waals surface area contributed by atoms with Crippen molar-refractivity contribution in [3.63, 3.8) is 0 Å². The fourth-order valence-corrected chi connectivity index (χ4v) is 4.31. The zero-order valence-electron chi connectivity index (χ0n) is 20.5. The van der Waals surface area contributed by atoms with Crippen LogP contribution < -0.4 is 4.74 Å². The highest BCUT2D eigenvalue weighted by Crippen LogP contribution is 2.44. The number of carbonyl (C=O) groups excluding carboxylic acids is 1. The Labute approximate surface area is 187 Å². The summed E-state index contributed by atoms with van der Waals surface area (Å²) in [7, 11) is 0. The highest BCUT2D eigenvalue weighted by molar-refractivity contribution is 5.98. The van der Waals surface area contributed by atoms with Crippen molar-refractivity contribution in [1.82, 2.24) is 24.9 Å². The minimum absolute atomic E-state index is 0.0847. The Kier molecular flexibility index (Phi) is 3.86. The number of piperidine rings is 1. The van der Waals surface area contributed by atoms with Crippen LogP contribution in [-0.2, 0) is 6.18 Å². The second-order valence-electron chi connectivity index (χ2n) is 7.67. The van der Waals surface area contributed by atoms with Gasteiger partial charge in [0, 0.05) is 22.4 Å². The lowest BCUT2D eigenvalue weighted by Crippen LogP contribution is -2.51. The van der Waals surface area contributed by atoms with Gasteiger partial charge in [-0.3, -0.25) is 4.79 Å². The smallest absolute Gasteiger partial charge is 0.417 e. The Bertz CT molecular complexity index is 1270. The number of pyridine rings is 1. The van der Waals surface area contributed by atoms with E-state index < -0.39 is 48.6 Å². The summed E-state index contributed by atoms with van der Waals surface area (Å²) >= 11 is 0. The number of aromatic nitrogens is 4. The minimum Gasteiger partial charge on any atom is -0.472 e. The zero-order valence-corrected chi connectivity index (χ0v) is 16.5. The first-order chi connectivity index (χ1) is 16.9. The number of halogens is 3. The SMILES string of the molecule is [2H]C([2H])([2H])[C@@]1([2H])[C@H]2C[C@@H](Oc3ccc(C(F)(F)F)cn3)[C@H](C2)N1C(=O)c1ccccc1-n1nccn1. The molecule has 10 heteroatoms. The molecule has 7 nitrogen and oxygen atoms in total. The molecular formula is C22H20F3N5O2. The number of rotatable bonds is 4. The van der Waals surface area contributed by atoms with E-state index in [1.165, 1.54) is 23.3 Å². The number of fused-ring (bicyclic) bond motifs is 2. The van der Waals surface area contributed by atoms with Gasteiger partial charge >= 0.3 is 6.18 Å². The molecule has 0 N–H and O–H groups in total. The molecule has 2 aromatic heterocycles. The van der Waals surface area contributed by atoms with Crippen LogP contribution in [0.4, 0.5) is 13.2 Å². The lowest BCUT2D eigenvalue weighted by Gasteiger charge is -2.38. The maximum absolute atomic E-state index is 13.9. The molecule has 0 radical (unpaired) electrons. The van der Waals surface area contributed by atoms with Crippen molar-refractivity contribution in [2.24, 2.45) is 5.92 Å². The Morgan fingerprint density at radius 1 is 1.19 bits per heavy atom. The van der Waals surface area contributed by atoms with Crippen molar-refractivity contribution in [3.8, 4) is 11.6 Å². The molecule has 32 heavy (non-hydrogen) atoms. The first-order valence-electron chi connectivity index (χ1n) is 11.9. The van der Waals surface area contributed by atoms with Crippen molar-refractivity contribution in [2.45, 2.75) is 44.0 Å². The number of amides is 1. The van der Waals surface area contributed by atoms with Crippen LogP contribution >= 0.6 is 0 Å². The summed E-state index contributed by atoms with van der Waals surface area (Å²) in [6, 6.07) is 5.28. The molecule has 1 amide bonds. The lowest BCUT2D eigenvalue weighted by atomic mass is 9.98. The van der Waals surface area contributed by atoms with Gasteiger partial charge in [0.1, 0.15) is 6.10 Å². The van der Waals surface area contributed by atoms with E-state index in [4.69, 9.17) is 10.2 Å². The topological polar surface area (TPSA) is 73.1 Å². The Hall–Kier alpha value is -3.43. The van der Waals surface area contributed by atoms with Crippen LogP contribution in [-0.4, -0.2) is 48.9 Å². The molecule has 0 unspecified atom stereocenters. The van der Waals surface area contributed by atoms with Crippen molar-refractivity contribution < 1.29 is 28.2 Å². The molecule has 0 spiro atoms. The summed E-state index contributed by atoms with van der Waals surface area (Å²) in [5.41, 5.74) is -0.519. The Morgan fingerprint density at radius 3 is 2.66 bits per heavy atom. The fourth-order valence-electron chi connectivity index (χ4n) is 4.31. The quantitative estimate of drug-likeness (QED) is 0.609. The Balaban J connectivity index is 1.49. The fraction of sp³-hybridized carbons (Fsp3) is 0.364. The van der Waals surface area contributed by atoms with Crippen LogP contribution in [0.3, 0.4) is 0 Å². The maximum Gasteiger partial charge on any atom is 0.417 e. The molecule has 1 saturated heterocycles. The molecular weight excluding hydrogens is 423 g/mol. The van der Waals surface area contributed by atoms with E-state index in [1.54, 1.807) is 18.2 Å². The molecule has 1 aliphatic carbocycles. The normalized spacial score (nSPS) is 29.2. The first kappa shape index (κ1) is 16.2. The molecule has 3 aromatic rings. The van der Waals surface area contributed by atoms with Gasteiger partial charge in [-0.2, -0.15) is 28.2 Å². The number of nitrogens with zero attached hydrogens (tertiary/aromatic N) is 5. The second kappa shape index (κ2) is 7.61. The van der Waals surface area contributed by atoms with Gasteiger partial charge in [0.25, 0.3) is 5.91 Å². The minimum atomic E-state index is -4.55. The summed E-state index contributed by atoms with van der Waals surface area (Å²) < 4.78 is 77.7. The Morgan fingerprint density at radius 2 is 1.97 bits per heavy atom. The van der Waals surface area contributed by atoms with Crippen LogP contribution in [0.25, 0.3) is 5.69 Å². The van der Waals surface area contributed by atoms with E-state index in [2.05, 4.69) is 15.2 Å². The lowest BCUT2D eigenvalue weighted by molar-refractivity contribution is -0.137. The van der Waals surface area contributed by atoms with E-state index in [0.717, 1.165) is 17.0 Å². The van der Waals surface area contributed by atoms with Crippen molar-refractivity contribution >= 4 is 5.91 Å². The summed E-state index contributed by atoms with van der Waals surface area (Å²) in [6.45, 7) is -2.82. The van der Waals surface area contributed by atoms with Crippen LogP contribution in [0.15, 0.2) is 55.0 Å². The summed E-state index contributed by atoms with van der Waals surface area (Å²) in [5.74, 6) is -1.53. The number of benzene rings is 1. The van der Waals surface area contributed by atoms with Gasteiger partial charge in [-0.25, -0.2) is 4.98 Å². The molecule has 3 heterocycles. The van der Waals surface area contributed by atoms with Crippen LogP contribution in [0, 0.1) is 5.92 Å². The van der Waals surface area contributed by atoms with Gasteiger partial charge in [0.15, 0.2) is 0 Å². The number of ether oxygens (including phenoxy) is 1. The molecule has 2 bridgehead atoms. The van der Waals surface area contributed by atoms with E-state index in [-0.39, 0.29) is 24.3 Å². The molecule has 2 fully saturated rings. The van der Waals surface area contributed by atoms with Gasteiger partial charge < -0.3 is 9.64 Å². The molecule has 1 saturated carbocycles. The average molecular weight is 447 g/mol. The van der Waals surface area contributed by atoms with E-state index >= 15 is 0 Å². The monoisotopic (exact) mass is 447 g/mol. The number of hydrogen-bond donors (Lipinski definition) is 0. The van der Waals surface area contributed by atoms with Crippen LogP contribution in [0.1, 0.15) is 41.1 Å². The van der Waals surface area contributed by atoms with Gasteiger partial charge in [0.05, 0.1) is 36.6 Å². The summed E-state index contributed by atoms with van der Waals surface area (Å²) in [4.78, 5) is 19.8. The highest BCUT2D eigenvalue weighted by Gasteiger charge is 2.53. The van der Waals surface area contributed by atoms with Gasteiger partial charge in [-0.1, -0.05) is 12.1 Å². The number of likely N-dealkylation sites (tertiary alicyclic amines) is 1. The average Bonchev–Trinajstić information content (AvgIpc) is 3.55. The van der Waals surface area contributed by atoms with Crippen molar-refractivity contribution in [2.75, 3.05) is 0 Å². The predicted molar refractivity (Wildman–Crippen MR) is 107 cm³/mol. The number of hydrogen-bond acceptors (Lipinski definition) is 5. The molecule has 5 rings (SSSR count). The number of alkyl halides is 3. The molecule has 1 aromatic carbocycles. The van der Waals surface area contributed by atoms with Crippen LogP contribution in [0.2, 0.25) is 0 Å². The molecule has 2 aliphatic rings. The number of para-hydroxylation sites is 1. The van der Waals surface area contributed by atoms with E-state index in [1.807, 2.05) is 0 Å². The standard InChI is InChI=1S/C22H20F3N5O2/c1-13-14-10-18(19(11-14)32-20-7-6-15(12-26-20)22(23,24)25)29(13)21(31)16-4-2-3-5-17(16)30-27-8-9-28-30/h2-9,12-14,18-19H,10-11H2,1H3/t13-,14+,18-,19+/m0/s1/i1D3,13D. The van der Waals surface area contributed by atoms with Gasteiger partial charge in [-0.05, 0) is 43.8 Å². The van der Waals surface area contributed by atoms with Crippen molar-refractivity contribution in [1.29, 1.82) is 0 Å². The molecule has 4 atom stereocenters. The zero-order chi connectivity index (χ0) is 25.9. The van der Waals surface area contributed by atoms with E-state index in [0.29, 0.717) is 11.9 Å². The third-order valence-corrected chi connectivity index (χ3v) is 5.77. The van der Waals surface area contributed by atoms with E-state index in [9.17, 15) is 18.0 Å².